The van der Waals surface area contributed by atoms with Crippen LogP contribution in [0.25, 0.3) is 10.8 Å². The summed E-state index contributed by atoms with van der Waals surface area (Å²) in [6, 6.07) is 13.7. The summed E-state index contributed by atoms with van der Waals surface area (Å²) in [5, 5.41) is 12.4. The van der Waals surface area contributed by atoms with Crippen molar-refractivity contribution < 1.29 is 13.5 Å². The lowest BCUT2D eigenvalue weighted by Gasteiger charge is -2.13. The summed E-state index contributed by atoms with van der Waals surface area (Å²) < 4.78 is 22.9. The predicted molar refractivity (Wildman–Crippen MR) is 82.5 cm³/mol. The quantitative estimate of drug-likeness (QED) is 0.890. The molecule has 108 valence electrons. The van der Waals surface area contributed by atoms with E-state index in [9.17, 15) is 13.5 Å². The summed E-state index contributed by atoms with van der Waals surface area (Å²) in [5.41, 5.74) is 0.872. The van der Waals surface area contributed by atoms with E-state index in [1.54, 1.807) is 6.92 Å². The zero-order valence-corrected chi connectivity index (χ0v) is 12.4. The predicted octanol–water partition coefficient (Wildman–Crippen LogP) is 3.09. The highest BCUT2D eigenvalue weighted by Gasteiger charge is 2.13. The van der Waals surface area contributed by atoms with Crippen LogP contribution in [0.4, 0.5) is 0 Å². The monoisotopic (exact) mass is 292 g/mol. The zero-order valence-electron chi connectivity index (χ0n) is 11.6. The fraction of sp³-hybridized carbons (Fsp3) is 0.375. The van der Waals surface area contributed by atoms with E-state index in [-0.39, 0.29) is 11.5 Å². The maximum Gasteiger partial charge on any atom is 0.150 e. The Labute approximate surface area is 120 Å². The molecule has 2 aromatic carbocycles. The van der Waals surface area contributed by atoms with Gasteiger partial charge in [0.15, 0.2) is 0 Å². The van der Waals surface area contributed by atoms with Gasteiger partial charge in [0.05, 0.1) is 11.9 Å². The second-order valence-electron chi connectivity index (χ2n) is 4.96. The average molecular weight is 292 g/mol. The van der Waals surface area contributed by atoms with E-state index in [1.807, 2.05) is 42.5 Å². The molecule has 0 fully saturated rings. The number of rotatable bonds is 6. The number of hydrogen-bond acceptors (Lipinski definition) is 3. The van der Waals surface area contributed by atoms with Gasteiger partial charge < -0.3 is 5.11 Å². The number of hydrogen-bond donors (Lipinski definition) is 1. The van der Waals surface area contributed by atoms with Gasteiger partial charge in [-0.15, -0.1) is 0 Å². The largest absolute Gasteiger partial charge is 0.388 e. The van der Waals surface area contributed by atoms with Gasteiger partial charge >= 0.3 is 0 Å². The number of sulfone groups is 1. The third-order valence-corrected chi connectivity index (χ3v) is 5.35. The van der Waals surface area contributed by atoms with Gasteiger partial charge in [0.2, 0.25) is 0 Å². The Morgan fingerprint density at radius 3 is 2.55 bits per heavy atom. The minimum absolute atomic E-state index is 0.144. The van der Waals surface area contributed by atoms with Gasteiger partial charge in [0, 0.05) is 5.75 Å². The van der Waals surface area contributed by atoms with Gasteiger partial charge in [0.25, 0.3) is 0 Å². The molecular formula is C16H20O3S. The molecule has 0 heterocycles. The molecule has 0 amide bonds. The van der Waals surface area contributed by atoms with E-state index in [2.05, 4.69) is 0 Å². The Kier molecular flexibility index (Phi) is 4.78. The van der Waals surface area contributed by atoms with Crippen LogP contribution in [0, 0.1) is 0 Å². The number of fused-ring (bicyclic) bond motifs is 1. The lowest BCUT2D eigenvalue weighted by Crippen LogP contribution is -2.10. The van der Waals surface area contributed by atoms with Crippen LogP contribution < -0.4 is 0 Å². The summed E-state index contributed by atoms with van der Waals surface area (Å²) in [5.74, 6) is 0.308. The molecule has 0 spiro atoms. The summed E-state index contributed by atoms with van der Waals surface area (Å²) in [6.45, 7) is 1.65. The molecule has 20 heavy (non-hydrogen) atoms. The highest BCUT2D eigenvalue weighted by atomic mass is 32.2. The molecule has 4 heteroatoms. The van der Waals surface area contributed by atoms with Crippen LogP contribution in [-0.2, 0) is 9.84 Å². The molecule has 0 saturated heterocycles. The average Bonchev–Trinajstić information content (AvgIpc) is 2.46. The van der Waals surface area contributed by atoms with Crippen LogP contribution in [-0.4, -0.2) is 25.0 Å². The molecule has 1 atom stereocenters. The molecular weight excluding hydrogens is 272 g/mol. The SMILES string of the molecule is CCS(=O)(=O)CCCC(O)c1cccc2ccccc12. The van der Waals surface area contributed by atoms with Crippen molar-refractivity contribution in [1.82, 2.24) is 0 Å². The normalized spacial score (nSPS) is 13.5. The maximum absolute atomic E-state index is 11.4. The van der Waals surface area contributed by atoms with Crippen LogP contribution in [0.5, 0.6) is 0 Å². The number of aliphatic hydroxyl groups is 1. The smallest absolute Gasteiger partial charge is 0.150 e. The van der Waals surface area contributed by atoms with Crippen molar-refractivity contribution in [3.63, 3.8) is 0 Å². The minimum Gasteiger partial charge on any atom is -0.388 e. The van der Waals surface area contributed by atoms with E-state index >= 15 is 0 Å². The number of benzene rings is 2. The van der Waals surface area contributed by atoms with Crippen LogP contribution in [0.2, 0.25) is 0 Å². The first-order valence-electron chi connectivity index (χ1n) is 6.89. The zero-order chi connectivity index (χ0) is 14.6. The topological polar surface area (TPSA) is 54.4 Å². The third-order valence-electron chi connectivity index (χ3n) is 3.56. The molecule has 0 aliphatic rings. The molecule has 1 N–H and O–H groups in total. The second-order valence-corrected chi connectivity index (χ2v) is 7.44. The van der Waals surface area contributed by atoms with Crippen LogP contribution in [0.1, 0.15) is 31.4 Å². The highest BCUT2D eigenvalue weighted by Crippen LogP contribution is 2.27. The Balaban J connectivity index is 2.10. The van der Waals surface area contributed by atoms with Crippen molar-refractivity contribution in [2.75, 3.05) is 11.5 Å². The van der Waals surface area contributed by atoms with Crippen LogP contribution >= 0.6 is 0 Å². The Morgan fingerprint density at radius 2 is 1.80 bits per heavy atom. The Hall–Kier alpha value is -1.39. The number of aliphatic hydroxyl groups excluding tert-OH is 1. The van der Waals surface area contributed by atoms with Crippen molar-refractivity contribution in [2.24, 2.45) is 0 Å². The van der Waals surface area contributed by atoms with E-state index < -0.39 is 15.9 Å². The molecule has 0 aliphatic heterocycles. The van der Waals surface area contributed by atoms with E-state index in [4.69, 9.17) is 0 Å². The summed E-state index contributed by atoms with van der Waals surface area (Å²) in [7, 11) is -2.95. The third kappa shape index (κ3) is 3.58. The first kappa shape index (κ1) is 15.0. The first-order valence-corrected chi connectivity index (χ1v) is 8.72. The lowest BCUT2D eigenvalue weighted by molar-refractivity contribution is 0.168. The van der Waals surface area contributed by atoms with Crippen LogP contribution in [0.15, 0.2) is 42.5 Å². The van der Waals surface area contributed by atoms with Gasteiger partial charge in [-0.25, -0.2) is 8.42 Å². The van der Waals surface area contributed by atoms with E-state index in [0.29, 0.717) is 12.8 Å². The van der Waals surface area contributed by atoms with Crippen molar-refractivity contribution >= 4 is 20.6 Å². The van der Waals surface area contributed by atoms with E-state index in [1.165, 1.54) is 0 Å². The van der Waals surface area contributed by atoms with Gasteiger partial charge in [0.1, 0.15) is 9.84 Å². The van der Waals surface area contributed by atoms with Gasteiger partial charge in [-0.1, -0.05) is 49.4 Å². The fourth-order valence-corrected chi connectivity index (χ4v) is 3.23. The van der Waals surface area contributed by atoms with Gasteiger partial charge in [-0.3, -0.25) is 0 Å². The first-order chi connectivity index (χ1) is 9.53. The molecule has 0 aromatic heterocycles. The molecule has 1 unspecified atom stereocenters. The molecule has 2 rings (SSSR count). The molecule has 0 aliphatic carbocycles. The van der Waals surface area contributed by atoms with Crippen molar-refractivity contribution in [1.29, 1.82) is 0 Å². The molecule has 0 bridgehead atoms. The van der Waals surface area contributed by atoms with Gasteiger partial charge in [-0.2, -0.15) is 0 Å². The van der Waals surface area contributed by atoms with Crippen LogP contribution in [0.3, 0.4) is 0 Å². The lowest BCUT2D eigenvalue weighted by atomic mass is 9.98. The molecule has 2 aromatic rings. The molecule has 0 saturated carbocycles. The summed E-state index contributed by atoms with van der Waals surface area (Å²) >= 11 is 0. The van der Waals surface area contributed by atoms with Gasteiger partial charge in [-0.05, 0) is 29.2 Å². The van der Waals surface area contributed by atoms with E-state index in [0.717, 1.165) is 16.3 Å². The maximum atomic E-state index is 11.4. The minimum atomic E-state index is -2.95. The standard InChI is InChI=1S/C16H20O3S/c1-2-20(18,19)12-6-11-16(17)15-10-5-8-13-7-3-4-9-14(13)15/h3-5,7-10,16-17H,2,6,11-12H2,1H3. The van der Waals surface area contributed by atoms with Crippen molar-refractivity contribution in [3.8, 4) is 0 Å². The highest BCUT2D eigenvalue weighted by molar-refractivity contribution is 7.91. The Morgan fingerprint density at radius 1 is 1.10 bits per heavy atom. The van der Waals surface area contributed by atoms with Crippen molar-refractivity contribution in [2.45, 2.75) is 25.9 Å². The Bertz CT molecular complexity index is 672. The second kappa shape index (κ2) is 6.37. The summed E-state index contributed by atoms with van der Waals surface area (Å²) in [6.07, 6.45) is 0.335. The van der Waals surface area contributed by atoms with Crippen molar-refractivity contribution in [3.05, 3.63) is 48.0 Å². The molecule has 3 nitrogen and oxygen atoms in total. The molecule has 0 radical (unpaired) electrons. The fourth-order valence-electron chi connectivity index (χ4n) is 2.34. The summed E-state index contributed by atoms with van der Waals surface area (Å²) in [4.78, 5) is 0.